The van der Waals surface area contributed by atoms with E-state index in [0.717, 1.165) is 37.5 Å². The third kappa shape index (κ3) is 3.48. The summed E-state index contributed by atoms with van der Waals surface area (Å²) >= 11 is 0. The number of nitrogens with one attached hydrogen (secondary N) is 1. The molecule has 2 aromatic rings. The number of anilines is 1. The molecule has 0 unspecified atom stereocenters. The maximum absolute atomic E-state index is 12.6. The Bertz CT molecular complexity index is 1060. The van der Waals surface area contributed by atoms with Crippen LogP contribution in [0.4, 0.5) is 10.5 Å². The minimum Gasteiger partial charge on any atom is -0.485 e. The molecular formula is C26H28N2O4. The maximum atomic E-state index is 12.6. The molecule has 2 heterocycles. The number of amides is 1. The first-order chi connectivity index (χ1) is 15.6. The van der Waals surface area contributed by atoms with Crippen molar-refractivity contribution in [1.29, 1.82) is 0 Å². The highest BCUT2D eigenvalue weighted by atomic mass is 16.6. The van der Waals surface area contributed by atoms with Crippen LogP contribution in [0.1, 0.15) is 36.8 Å². The summed E-state index contributed by atoms with van der Waals surface area (Å²) in [6.07, 6.45) is 7.00. The van der Waals surface area contributed by atoms with Crippen molar-refractivity contribution >= 4 is 11.8 Å². The Balaban J connectivity index is 1.34. The monoisotopic (exact) mass is 432 g/mol. The number of carbonyl (C=O) groups is 1. The Labute approximate surface area is 187 Å². The molecule has 1 saturated carbocycles. The fourth-order valence-corrected chi connectivity index (χ4v) is 5.50. The van der Waals surface area contributed by atoms with Crippen molar-refractivity contribution in [3.05, 3.63) is 65.7 Å². The molecule has 2 N–H and O–H groups in total. The Morgan fingerprint density at radius 1 is 1.22 bits per heavy atom. The van der Waals surface area contributed by atoms with Crippen molar-refractivity contribution in [1.82, 2.24) is 4.90 Å². The van der Waals surface area contributed by atoms with Gasteiger partial charge in [0.1, 0.15) is 6.10 Å². The first-order valence-corrected chi connectivity index (χ1v) is 11.6. The number of hydrogen-bond donors (Lipinski definition) is 2. The molecule has 3 atom stereocenters. The molecule has 0 radical (unpaired) electrons. The molecule has 1 fully saturated rings. The highest BCUT2D eigenvalue weighted by molar-refractivity contribution is 5.86. The molecule has 32 heavy (non-hydrogen) atoms. The minimum absolute atomic E-state index is 0.154. The van der Waals surface area contributed by atoms with Gasteiger partial charge in [-0.1, -0.05) is 36.4 Å². The Morgan fingerprint density at radius 3 is 2.88 bits per heavy atom. The standard InChI is InChI=1S/C26H28N2O4/c29-20-10-11-26-12-13-28(15-17-6-7-17)16-18-8-9-21(24(23(18)26)32-22(26)14-20)31-25(30)27-19-4-2-1-3-5-19/h1-5,8-11,17,20,22,29H,6-7,12-16H2,(H,27,30)/t20-,22-,26-/m0/s1. The molecule has 6 heteroatoms. The summed E-state index contributed by atoms with van der Waals surface area (Å²) in [5.74, 6) is 1.92. The van der Waals surface area contributed by atoms with Crippen LogP contribution in [0.3, 0.4) is 0 Å². The van der Waals surface area contributed by atoms with E-state index in [2.05, 4.69) is 22.4 Å². The molecule has 2 aliphatic carbocycles. The number of carbonyl (C=O) groups excluding carboxylic acids is 1. The lowest BCUT2D eigenvalue weighted by Crippen LogP contribution is -2.43. The number of benzene rings is 2. The number of hydrogen-bond acceptors (Lipinski definition) is 5. The van der Waals surface area contributed by atoms with E-state index in [1.165, 1.54) is 18.4 Å². The van der Waals surface area contributed by atoms with Gasteiger partial charge in [0.15, 0.2) is 11.5 Å². The Kier molecular flexibility index (Phi) is 4.73. The van der Waals surface area contributed by atoms with Gasteiger partial charge < -0.3 is 14.6 Å². The second-order valence-electron chi connectivity index (χ2n) is 9.55. The molecule has 166 valence electrons. The third-order valence-corrected chi connectivity index (χ3v) is 7.25. The van der Waals surface area contributed by atoms with Gasteiger partial charge in [-0.25, -0.2) is 4.79 Å². The normalized spacial score (nSPS) is 28.3. The van der Waals surface area contributed by atoms with Gasteiger partial charge in [0.2, 0.25) is 0 Å². The second kappa shape index (κ2) is 7.64. The van der Waals surface area contributed by atoms with Gasteiger partial charge >= 0.3 is 6.09 Å². The summed E-state index contributed by atoms with van der Waals surface area (Å²) in [5, 5.41) is 13.1. The van der Waals surface area contributed by atoms with Crippen LogP contribution in [-0.2, 0) is 12.0 Å². The van der Waals surface area contributed by atoms with Crippen LogP contribution in [0.2, 0.25) is 0 Å². The summed E-state index contributed by atoms with van der Waals surface area (Å²) < 4.78 is 12.2. The highest BCUT2D eigenvalue weighted by Crippen LogP contribution is 2.56. The van der Waals surface area contributed by atoms with Crippen molar-refractivity contribution < 1.29 is 19.4 Å². The van der Waals surface area contributed by atoms with Crippen LogP contribution in [0.15, 0.2) is 54.6 Å². The fraction of sp³-hybridized carbons (Fsp3) is 0.423. The topological polar surface area (TPSA) is 71.0 Å². The molecule has 0 bridgehead atoms. The van der Waals surface area contributed by atoms with Crippen molar-refractivity contribution in [2.24, 2.45) is 5.92 Å². The molecule has 2 aliphatic heterocycles. The number of ether oxygens (including phenoxy) is 2. The van der Waals surface area contributed by atoms with Crippen molar-refractivity contribution in [2.75, 3.05) is 18.4 Å². The zero-order valence-corrected chi connectivity index (χ0v) is 18.0. The van der Waals surface area contributed by atoms with E-state index >= 15 is 0 Å². The molecule has 1 amide bonds. The maximum Gasteiger partial charge on any atom is 0.417 e. The minimum atomic E-state index is -0.542. The molecule has 6 nitrogen and oxygen atoms in total. The average molecular weight is 433 g/mol. The van der Waals surface area contributed by atoms with E-state index in [0.29, 0.717) is 23.6 Å². The number of aliphatic hydroxyl groups excluding tert-OH is 1. The van der Waals surface area contributed by atoms with Gasteiger partial charge in [-0.05, 0) is 55.5 Å². The summed E-state index contributed by atoms with van der Waals surface area (Å²) in [6.45, 7) is 3.01. The van der Waals surface area contributed by atoms with Crippen LogP contribution < -0.4 is 14.8 Å². The first-order valence-electron chi connectivity index (χ1n) is 11.6. The van der Waals surface area contributed by atoms with Gasteiger partial charge in [0.25, 0.3) is 0 Å². The van der Waals surface area contributed by atoms with Gasteiger partial charge in [-0.15, -0.1) is 0 Å². The third-order valence-electron chi connectivity index (χ3n) is 7.25. The Hall–Kier alpha value is -2.83. The van der Waals surface area contributed by atoms with Crippen LogP contribution in [0, 0.1) is 5.92 Å². The van der Waals surface area contributed by atoms with Gasteiger partial charge in [0.05, 0.1) is 11.5 Å². The predicted molar refractivity (Wildman–Crippen MR) is 121 cm³/mol. The smallest absolute Gasteiger partial charge is 0.417 e. The number of para-hydroxylation sites is 1. The van der Waals surface area contributed by atoms with E-state index in [1.54, 1.807) is 0 Å². The zero-order chi connectivity index (χ0) is 21.7. The lowest BCUT2D eigenvalue weighted by atomic mass is 9.69. The lowest BCUT2D eigenvalue weighted by molar-refractivity contribution is 0.0808. The van der Waals surface area contributed by atoms with E-state index < -0.39 is 12.2 Å². The van der Waals surface area contributed by atoms with Gasteiger partial charge in [-0.3, -0.25) is 10.2 Å². The number of rotatable bonds is 4. The van der Waals surface area contributed by atoms with Crippen LogP contribution in [0.5, 0.6) is 11.5 Å². The van der Waals surface area contributed by atoms with E-state index in [1.807, 2.05) is 42.5 Å². The summed E-state index contributed by atoms with van der Waals surface area (Å²) in [4.78, 5) is 15.1. The van der Waals surface area contributed by atoms with Crippen LogP contribution in [0.25, 0.3) is 0 Å². The summed E-state index contributed by atoms with van der Waals surface area (Å²) in [5.41, 5.74) is 2.76. The average Bonchev–Trinajstić information content (AvgIpc) is 3.56. The lowest BCUT2D eigenvalue weighted by Gasteiger charge is -2.35. The fourth-order valence-electron chi connectivity index (χ4n) is 5.50. The SMILES string of the molecule is O=C(Nc1ccccc1)Oc1ccc2c3c1O[C@H]1C[C@@H](O)C=C[C@@]31CCN(CC1CC1)C2. The highest BCUT2D eigenvalue weighted by Gasteiger charge is 2.53. The number of nitrogens with zero attached hydrogens (tertiary/aromatic N) is 1. The largest absolute Gasteiger partial charge is 0.485 e. The van der Waals surface area contributed by atoms with Crippen LogP contribution in [-0.4, -0.2) is 41.4 Å². The molecule has 2 aromatic carbocycles. The van der Waals surface area contributed by atoms with E-state index in [9.17, 15) is 9.90 Å². The van der Waals surface area contributed by atoms with Gasteiger partial charge in [0, 0.05) is 30.8 Å². The van der Waals surface area contributed by atoms with Crippen molar-refractivity contribution in [3.63, 3.8) is 0 Å². The van der Waals surface area contributed by atoms with Crippen molar-refractivity contribution in [3.8, 4) is 11.5 Å². The predicted octanol–water partition coefficient (Wildman–Crippen LogP) is 4.23. The molecule has 1 spiro atoms. The molecule has 6 rings (SSSR count). The summed E-state index contributed by atoms with van der Waals surface area (Å²) in [6, 6.07) is 13.2. The van der Waals surface area contributed by atoms with E-state index in [-0.39, 0.29) is 11.5 Å². The van der Waals surface area contributed by atoms with Gasteiger partial charge in [-0.2, -0.15) is 0 Å². The van der Waals surface area contributed by atoms with Crippen molar-refractivity contribution in [2.45, 2.75) is 49.9 Å². The Morgan fingerprint density at radius 2 is 2.06 bits per heavy atom. The molecule has 4 aliphatic rings. The van der Waals surface area contributed by atoms with E-state index in [4.69, 9.17) is 9.47 Å². The molecular weight excluding hydrogens is 404 g/mol. The summed E-state index contributed by atoms with van der Waals surface area (Å²) in [7, 11) is 0. The van der Waals surface area contributed by atoms with Crippen LogP contribution >= 0.6 is 0 Å². The first kappa shape index (κ1) is 19.8. The zero-order valence-electron chi connectivity index (χ0n) is 18.0. The number of aliphatic hydroxyl groups is 1. The second-order valence-corrected chi connectivity index (χ2v) is 9.55. The molecule has 0 saturated heterocycles. The quantitative estimate of drug-likeness (QED) is 0.708. The molecule has 0 aromatic heterocycles.